The fourth-order valence-corrected chi connectivity index (χ4v) is 2.15. The first-order chi connectivity index (χ1) is 7.69. The molecule has 0 aromatic heterocycles. The lowest BCUT2D eigenvalue weighted by molar-refractivity contribution is 0.0542. The minimum atomic E-state index is -0.191. The molecule has 1 aliphatic rings. The minimum Gasteiger partial charge on any atom is -0.450 e. The highest BCUT2D eigenvalue weighted by Gasteiger charge is 2.26. The van der Waals surface area contributed by atoms with Crippen LogP contribution in [0.5, 0.6) is 0 Å². The van der Waals surface area contributed by atoms with Gasteiger partial charge in [-0.1, -0.05) is 6.92 Å². The van der Waals surface area contributed by atoms with Crippen LogP contribution in [0.1, 0.15) is 26.7 Å². The molecule has 1 heterocycles. The fourth-order valence-electron chi connectivity index (χ4n) is 2.15. The summed E-state index contributed by atoms with van der Waals surface area (Å²) in [6, 6.07) is 0. The highest BCUT2D eigenvalue weighted by atomic mass is 16.6. The molecule has 0 bridgehead atoms. The van der Waals surface area contributed by atoms with Crippen LogP contribution in [0.4, 0.5) is 4.79 Å². The van der Waals surface area contributed by atoms with E-state index in [1.165, 1.54) is 0 Å². The van der Waals surface area contributed by atoms with Gasteiger partial charge in [0, 0.05) is 13.1 Å². The van der Waals surface area contributed by atoms with E-state index >= 15 is 0 Å². The second-order valence-corrected chi connectivity index (χ2v) is 4.33. The highest BCUT2D eigenvalue weighted by molar-refractivity contribution is 5.67. The van der Waals surface area contributed by atoms with Gasteiger partial charge >= 0.3 is 6.09 Å². The second kappa shape index (κ2) is 6.70. The van der Waals surface area contributed by atoms with Crippen molar-refractivity contribution in [2.75, 3.05) is 26.3 Å². The second-order valence-electron chi connectivity index (χ2n) is 4.33. The van der Waals surface area contributed by atoms with Gasteiger partial charge in [-0.2, -0.15) is 0 Å². The summed E-state index contributed by atoms with van der Waals surface area (Å²) in [5.41, 5.74) is 0. The Balaban J connectivity index is 2.30. The molecule has 2 N–H and O–H groups in total. The van der Waals surface area contributed by atoms with E-state index in [1.807, 2.05) is 6.92 Å². The largest absolute Gasteiger partial charge is 0.450 e. The maximum Gasteiger partial charge on any atom is 0.409 e. The molecule has 0 saturated carbocycles. The van der Waals surface area contributed by atoms with Gasteiger partial charge in [-0.15, -0.1) is 0 Å². The normalized spacial score (nSPS) is 19.6. The van der Waals surface area contributed by atoms with E-state index in [-0.39, 0.29) is 6.09 Å². The smallest absolute Gasteiger partial charge is 0.409 e. The average Bonchev–Trinajstić information content (AvgIpc) is 2.30. The van der Waals surface area contributed by atoms with Crippen LogP contribution in [0.25, 0.3) is 0 Å². The Hall–Kier alpha value is -0.810. The van der Waals surface area contributed by atoms with Crippen molar-refractivity contribution >= 4 is 6.09 Å². The number of ether oxygens (including phenoxy) is 1. The Morgan fingerprint density at radius 1 is 1.50 bits per heavy atom. The van der Waals surface area contributed by atoms with Crippen molar-refractivity contribution < 1.29 is 14.4 Å². The average molecular weight is 230 g/mol. The third-order valence-corrected chi connectivity index (χ3v) is 3.23. The molecule has 1 unspecified atom stereocenters. The van der Waals surface area contributed by atoms with Crippen LogP contribution in [0.2, 0.25) is 0 Å². The van der Waals surface area contributed by atoms with E-state index in [9.17, 15) is 4.79 Å². The third-order valence-electron chi connectivity index (χ3n) is 3.23. The third kappa shape index (κ3) is 3.64. The number of nitrogens with two attached hydrogens (primary N) is 1. The van der Waals surface area contributed by atoms with Gasteiger partial charge in [0.25, 0.3) is 0 Å². The first kappa shape index (κ1) is 13.3. The summed E-state index contributed by atoms with van der Waals surface area (Å²) in [6.45, 7) is 6.54. The van der Waals surface area contributed by atoms with Crippen LogP contribution in [0.15, 0.2) is 0 Å². The van der Waals surface area contributed by atoms with E-state index < -0.39 is 0 Å². The first-order valence-corrected chi connectivity index (χ1v) is 5.92. The minimum absolute atomic E-state index is 0.191. The van der Waals surface area contributed by atoms with Gasteiger partial charge in [-0.05, 0) is 31.6 Å². The van der Waals surface area contributed by atoms with E-state index in [1.54, 1.807) is 4.90 Å². The molecule has 0 aromatic rings. The Kier molecular flexibility index (Phi) is 5.55. The highest BCUT2D eigenvalue weighted by Crippen LogP contribution is 2.25. The maximum atomic E-state index is 11.5. The molecule has 16 heavy (non-hydrogen) atoms. The summed E-state index contributed by atoms with van der Waals surface area (Å²) < 4.78 is 4.97. The van der Waals surface area contributed by atoms with Gasteiger partial charge in [-0.3, -0.25) is 0 Å². The summed E-state index contributed by atoms with van der Waals surface area (Å²) in [7, 11) is 0. The maximum absolute atomic E-state index is 11.5. The Morgan fingerprint density at radius 3 is 2.62 bits per heavy atom. The summed E-state index contributed by atoms with van der Waals surface area (Å²) in [4.78, 5) is 17.9. The van der Waals surface area contributed by atoms with Gasteiger partial charge in [0.05, 0.1) is 13.2 Å². The van der Waals surface area contributed by atoms with E-state index in [2.05, 4.69) is 11.8 Å². The van der Waals surface area contributed by atoms with Crippen molar-refractivity contribution in [2.24, 2.45) is 17.7 Å². The molecule has 1 aliphatic heterocycles. The summed E-state index contributed by atoms with van der Waals surface area (Å²) in [5.74, 6) is 6.11. The predicted octanol–water partition coefficient (Wildman–Crippen LogP) is 1.38. The SMILES string of the molecule is CCOC(=O)N1CCC(C(C)CON)CC1. The number of hydrogen-bond acceptors (Lipinski definition) is 4. The number of carbonyl (C=O) groups is 1. The van der Waals surface area contributed by atoms with Crippen LogP contribution in [-0.2, 0) is 9.57 Å². The van der Waals surface area contributed by atoms with Gasteiger partial charge in [0.15, 0.2) is 0 Å². The molecule has 94 valence electrons. The van der Waals surface area contributed by atoms with Gasteiger partial charge in [0.2, 0.25) is 0 Å². The molecule has 1 amide bonds. The lowest BCUT2D eigenvalue weighted by Gasteiger charge is -2.33. The molecule has 5 heteroatoms. The predicted molar refractivity (Wildman–Crippen MR) is 60.6 cm³/mol. The summed E-state index contributed by atoms with van der Waals surface area (Å²) in [6.07, 6.45) is 1.82. The molecule has 5 nitrogen and oxygen atoms in total. The van der Waals surface area contributed by atoms with Gasteiger partial charge < -0.3 is 14.5 Å². The molecule has 0 spiro atoms. The molecule has 1 fully saturated rings. The standard InChI is InChI=1S/C11H22N2O3/c1-3-15-11(14)13-6-4-10(5-7-13)9(2)8-16-12/h9-10H,3-8,12H2,1-2H3. The molecule has 1 rings (SSSR count). The van der Waals surface area contributed by atoms with Crippen LogP contribution < -0.4 is 5.90 Å². The lowest BCUT2D eigenvalue weighted by Crippen LogP contribution is -2.40. The first-order valence-electron chi connectivity index (χ1n) is 5.92. The van der Waals surface area contributed by atoms with Crippen molar-refractivity contribution in [2.45, 2.75) is 26.7 Å². The monoisotopic (exact) mass is 230 g/mol. The van der Waals surface area contributed by atoms with Crippen LogP contribution in [0, 0.1) is 11.8 Å². The number of likely N-dealkylation sites (tertiary alicyclic amines) is 1. The molecular formula is C11H22N2O3. The van der Waals surface area contributed by atoms with E-state index in [0.29, 0.717) is 25.0 Å². The quantitative estimate of drug-likeness (QED) is 0.741. The topological polar surface area (TPSA) is 64.8 Å². The van der Waals surface area contributed by atoms with Crippen LogP contribution in [0.3, 0.4) is 0 Å². The van der Waals surface area contributed by atoms with Crippen molar-refractivity contribution in [3.05, 3.63) is 0 Å². The van der Waals surface area contributed by atoms with Crippen molar-refractivity contribution in [3.63, 3.8) is 0 Å². The van der Waals surface area contributed by atoms with Crippen molar-refractivity contribution in [3.8, 4) is 0 Å². The zero-order chi connectivity index (χ0) is 12.0. The summed E-state index contributed by atoms with van der Waals surface area (Å²) in [5, 5.41) is 0. The molecule has 0 radical (unpaired) electrons. The molecule has 0 aliphatic carbocycles. The number of piperidine rings is 1. The van der Waals surface area contributed by atoms with E-state index in [4.69, 9.17) is 10.6 Å². The molecular weight excluding hydrogens is 208 g/mol. The Bertz CT molecular complexity index is 215. The number of nitrogens with zero attached hydrogens (tertiary/aromatic N) is 1. The number of rotatable bonds is 4. The summed E-state index contributed by atoms with van der Waals surface area (Å²) >= 11 is 0. The Labute approximate surface area is 96.8 Å². The van der Waals surface area contributed by atoms with E-state index in [0.717, 1.165) is 25.9 Å². The van der Waals surface area contributed by atoms with Crippen LogP contribution >= 0.6 is 0 Å². The van der Waals surface area contributed by atoms with Gasteiger partial charge in [0.1, 0.15) is 0 Å². The fraction of sp³-hybridized carbons (Fsp3) is 0.909. The zero-order valence-corrected chi connectivity index (χ0v) is 10.1. The van der Waals surface area contributed by atoms with Crippen molar-refractivity contribution in [1.29, 1.82) is 0 Å². The molecule has 1 saturated heterocycles. The van der Waals surface area contributed by atoms with Gasteiger partial charge in [-0.25, -0.2) is 10.7 Å². The van der Waals surface area contributed by atoms with Crippen LogP contribution in [-0.4, -0.2) is 37.3 Å². The number of amides is 1. The molecule has 1 atom stereocenters. The molecule has 0 aromatic carbocycles. The van der Waals surface area contributed by atoms with Crippen molar-refractivity contribution in [1.82, 2.24) is 4.90 Å². The zero-order valence-electron chi connectivity index (χ0n) is 10.1. The number of hydrogen-bond donors (Lipinski definition) is 1. The number of carbonyl (C=O) groups excluding carboxylic acids is 1. The Morgan fingerprint density at radius 2 is 2.12 bits per heavy atom. The lowest BCUT2D eigenvalue weighted by atomic mass is 9.86.